The van der Waals surface area contributed by atoms with Gasteiger partial charge in [0.2, 0.25) is 0 Å². The summed E-state index contributed by atoms with van der Waals surface area (Å²) in [6.07, 6.45) is 11.0. The molecule has 0 amide bonds. The van der Waals surface area contributed by atoms with E-state index in [1.165, 1.54) is 90.9 Å². The fourth-order valence-corrected chi connectivity index (χ4v) is 4.99. The van der Waals surface area contributed by atoms with Gasteiger partial charge < -0.3 is 0 Å². The molecule has 25 heavy (non-hydrogen) atoms. The lowest BCUT2D eigenvalue weighted by Gasteiger charge is -2.28. The van der Waals surface area contributed by atoms with Crippen molar-refractivity contribution < 1.29 is 0 Å². The van der Waals surface area contributed by atoms with Crippen molar-refractivity contribution in [3.8, 4) is 0 Å². The van der Waals surface area contributed by atoms with Crippen LogP contribution in [0.1, 0.15) is 86.0 Å². The summed E-state index contributed by atoms with van der Waals surface area (Å²) in [5.41, 5.74) is 0.395. The molecule has 2 heterocycles. The molecule has 0 aromatic carbocycles. The smallest absolute Gasteiger partial charge is 0.0525 e. The third-order valence-electron chi connectivity index (χ3n) is 6.75. The van der Waals surface area contributed by atoms with Crippen LogP contribution in [0.5, 0.6) is 0 Å². The van der Waals surface area contributed by atoms with Gasteiger partial charge in [0, 0.05) is 31.7 Å². The van der Waals surface area contributed by atoms with Gasteiger partial charge in [-0.25, -0.2) is 0 Å². The highest BCUT2D eigenvalue weighted by Crippen LogP contribution is 2.33. The molecule has 2 rings (SSSR count). The molecule has 2 aliphatic heterocycles. The van der Waals surface area contributed by atoms with E-state index in [2.05, 4.69) is 49.3 Å². The SMILES string of the molecule is CCCC[C@@H](CC)CN1CN2CN(C[C@@H](CC)CCCC)CC2(C)C1. The van der Waals surface area contributed by atoms with E-state index in [1.807, 2.05) is 0 Å². The number of nitrogens with zero attached hydrogens (tertiary/aromatic N) is 3. The molecule has 3 heteroatoms. The fourth-order valence-electron chi connectivity index (χ4n) is 4.99. The zero-order valence-corrected chi connectivity index (χ0v) is 17.9. The van der Waals surface area contributed by atoms with Crippen LogP contribution in [0.2, 0.25) is 0 Å². The summed E-state index contributed by atoms with van der Waals surface area (Å²) in [4.78, 5) is 8.25. The van der Waals surface area contributed by atoms with Crippen LogP contribution < -0.4 is 0 Å². The second-order valence-electron chi connectivity index (χ2n) is 9.18. The van der Waals surface area contributed by atoms with Crippen molar-refractivity contribution in [1.29, 1.82) is 0 Å². The lowest BCUT2D eigenvalue weighted by atomic mass is 9.97. The normalized spacial score (nSPS) is 27.7. The summed E-state index contributed by atoms with van der Waals surface area (Å²) in [5.74, 6) is 1.80. The highest BCUT2D eigenvalue weighted by Gasteiger charge is 2.47. The van der Waals surface area contributed by atoms with Crippen LogP contribution in [0.15, 0.2) is 0 Å². The van der Waals surface area contributed by atoms with Crippen LogP contribution in [0.25, 0.3) is 0 Å². The van der Waals surface area contributed by atoms with Gasteiger partial charge in [-0.1, -0.05) is 66.2 Å². The molecule has 3 nitrogen and oxygen atoms in total. The molecule has 148 valence electrons. The summed E-state index contributed by atoms with van der Waals surface area (Å²) in [6.45, 7) is 19.5. The molecule has 3 atom stereocenters. The van der Waals surface area contributed by atoms with Crippen molar-refractivity contribution in [2.24, 2.45) is 11.8 Å². The van der Waals surface area contributed by atoms with E-state index >= 15 is 0 Å². The summed E-state index contributed by atoms with van der Waals surface area (Å²) in [6, 6.07) is 0. The molecule has 0 radical (unpaired) electrons. The second-order valence-corrected chi connectivity index (χ2v) is 9.18. The minimum atomic E-state index is 0.395. The standard InChI is InChI=1S/C22H45N3/c1-6-10-12-20(8-3)14-23-16-22(5)17-24(19-25(22)18-23)15-21(9-4)13-11-7-2/h20-21H,6-19H2,1-5H3/t20-,21+,22?. The Bertz CT molecular complexity index is 340. The zero-order chi connectivity index (χ0) is 18.3. The minimum absolute atomic E-state index is 0.395. The molecule has 1 unspecified atom stereocenters. The van der Waals surface area contributed by atoms with Crippen molar-refractivity contribution in [3.63, 3.8) is 0 Å². The molecular formula is C22H45N3. The maximum Gasteiger partial charge on any atom is 0.0525 e. The Balaban J connectivity index is 1.79. The Morgan fingerprint density at radius 2 is 1.20 bits per heavy atom. The molecule has 2 saturated heterocycles. The average Bonchev–Trinajstić information content (AvgIpc) is 3.05. The quantitative estimate of drug-likeness (QED) is 0.488. The van der Waals surface area contributed by atoms with Crippen LogP contribution in [0, 0.1) is 11.8 Å². The van der Waals surface area contributed by atoms with E-state index < -0.39 is 0 Å². The topological polar surface area (TPSA) is 9.72 Å². The number of unbranched alkanes of at least 4 members (excludes halogenated alkanes) is 2. The van der Waals surface area contributed by atoms with Crippen molar-refractivity contribution in [2.75, 3.05) is 39.5 Å². The Morgan fingerprint density at radius 3 is 1.52 bits per heavy atom. The number of hydrogen-bond acceptors (Lipinski definition) is 3. The molecule has 2 fully saturated rings. The second kappa shape index (κ2) is 10.3. The van der Waals surface area contributed by atoms with E-state index in [-0.39, 0.29) is 0 Å². The van der Waals surface area contributed by atoms with E-state index in [1.54, 1.807) is 0 Å². The third kappa shape index (κ3) is 5.94. The van der Waals surface area contributed by atoms with Gasteiger partial charge in [-0.2, -0.15) is 0 Å². The van der Waals surface area contributed by atoms with Gasteiger partial charge >= 0.3 is 0 Å². The van der Waals surface area contributed by atoms with Crippen LogP contribution in [-0.2, 0) is 0 Å². The van der Waals surface area contributed by atoms with Crippen LogP contribution in [-0.4, -0.2) is 59.8 Å². The summed E-state index contributed by atoms with van der Waals surface area (Å²) in [7, 11) is 0. The van der Waals surface area contributed by atoms with Gasteiger partial charge in [0.1, 0.15) is 0 Å². The van der Waals surface area contributed by atoms with Gasteiger partial charge in [-0.3, -0.25) is 14.7 Å². The molecule has 0 saturated carbocycles. The lowest BCUT2D eigenvalue weighted by Crippen LogP contribution is -2.41. The fraction of sp³-hybridized carbons (Fsp3) is 1.00. The zero-order valence-electron chi connectivity index (χ0n) is 17.9. The lowest BCUT2D eigenvalue weighted by molar-refractivity contribution is 0.161. The maximum atomic E-state index is 2.76. The van der Waals surface area contributed by atoms with Gasteiger partial charge in [0.05, 0.1) is 13.3 Å². The van der Waals surface area contributed by atoms with Crippen molar-refractivity contribution in [2.45, 2.75) is 91.5 Å². The first kappa shape index (κ1) is 21.2. The van der Waals surface area contributed by atoms with Crippen LogP contribution in [0.3, 0.4) is 0 Å². The van der Waals surface area contributed by atoms with E-state index in [9.17, 15) is 0 Å². The molecule has 0 aliphatic carbocycles. The van der Waals surface area contributed by atoms with Gasteiger partial charge in [0.25, 0.3) is 0 Å². The Morgan fingerprint density at radius 1 is 0.760 bits per heavy atom. The molecular weight excluding hydrogens is 306 g/mol. The van der Waals surface area contributed by atoms with E-state index in [0.717, 1.165) is 11.8 Å². The molecule has 0 aromatic heterocycles. The summed E-state index contributed by atoms with van der Waals surface area (Å²) >= 11 is 0. The Labute approximate surface area is 158 Å². The maximum absolute atomic E-state index is 2.76. The Kier molecular flexibility index (Phi) is 8.71. The average molecular weight is 352 g/mol. The molecule has 2 aliphatic rings. The summed E-state index contributed by atoms with van der Waals surface area (Å²) < 4.78 is 0. The third-order valence-corrected chi connectivity index (χ3v) is 6.75. The van der Waals surface area contributed by atoms with Crippen LogP contribution in [0.4, 0.5) is 0 Å². The highest BCUT2D eigenvalue weighted by atomic mass is 15.5. The predicted molar refractivity (Wildman–Crippen MR) is 110 cm³/mol. The molecule has 0 bridgehead atoms. The molecule has 0 aromatic rings. The van der Waals surface area contributed by atoms with Gasteiger partial charge in [-0.05, 0) is 31.6 Å². The number of hydrogen-bond donors (Lipinski definition) is 0. The van der Waals surface area contributed by atoms with E-state index in [4.69, 9.17) is 0 Å². The largest absolute Gasteiger partial charge is 0.288 e. The first-order valence-electron chi connectivity index (χ1n) is 11.2. The summed E-state index contributed by atoms with van der Waals surface area (Å²) in [5, 5.41) is 0. The highest BCUT2D eigenvalue weighted by molar-refractivity contribution is 5.01. The number of rotatable bonds is 12. The predicted octanol–water partition coefficient (Wildman–Crippen LogP) is 5.03. The van der Waals surface area contributed by atoms with Crippen molar-refractivity contribution in [3.05, 3.63) is 0 Å². The van der Waals surface area contributed by atoms with Crippen molar-refractivity contribution >= 4 is 0 Å². The first-order chi connectivity index (χ1) is 12.0. The van der Waals surface area contributed by atoms with Gasteiger partial charge in [-0.15, -0.1) is 0 Å². The Hall–Kier alpha value is -0.120. The van der Waals surface area contributed by atoms with Crippen LogP contribution >= 0.6 is 0 Å². The van der Waals surface area contributed by atoms with Gasteiger partial charge in [0.15, 0.2) is 0 Å². The first-order valence-corrected chi connectivity index (χ1v) is 11.2. The minimum Gasteiger partial charge on any atom is -0.288 e. The number of fused-ring (bicyclic) bond motifs is 1. The van der Waals surface area contributed by atoms with Crippen molar-refractivity contribution in [1.82, 2.24) is 14.7 Å². The monoisotopic (exact) mass is 351 g/mol. The molecule has 0 N–H and O–H groups in total. The molecule has 0 spiro atoms. The van der Waals surface area contributed by atoms with E-state index in [0.29, 0.717) is 5.54 Å².